The summed E-state index contributed by atoms with van der Waals surface area (Å²) in [6, 6.07) is 0. The molecule has 0 radical (unpaired) electrons. The van der Waals surface area contributed by atoms with Crippen LogP contribution in [0.1, 0.15) is 144 Å². The molecular formula is C33H64N5O6P. The molecule has 0 aliphatic carbocycles. The van der Waals surface area contributed by atoms with Gasteiger partial charge in [0.05, 0.1) is 12.4 Å². The van der Waals surface area contributed by atoms with E-state index in [0.29, 0.717) is 24.2 Å². The molecule has 3 rings (SSSR count). The van der Waals surface area contributed by atoms with Gasteiger partial charge in [0.1, 0.15) is 24.1 Å². The second-order valence-corrected chi connectivity index (χ2v) is 12.7. The van der Waals surface area contributed by atoms with E-state index in [0.717, 1.165) is 12.8 Å². The van der Waals surface area contributed by atoms with Crippen molar-refractivity contribution < 1.29 is 27.6 Å². The Morgan fingerprint density at radius 2 is 1.33 bits per heavy atom. The van der Waals surface area contributed by atoms with Gasteiger partial charge in [0.25, 0.3) is 0 Å². The first-order valence-electron chi connectivity index (χ1n) is 17.6. The van der Waals surface area contributed by atoms with Crippen molar-refractivity contribution in [2.24, 2.45) is 0 Å². The molecule has 2 N–H and O–H groups in total. The van der Waals surface area contributed by atoms with E-state index >= 15 is 0 Å². The number of hydrogen-bond donors (Lipinski definition) is 1. The molecule has 2 aromatic heterocycles. The minimum Gasteiger partial charge on any atom is -0.382 e. The van der Waals surface area contributed by atoms with Crippen molar-refractivity contribution in [2.45, 2.75) is 162 Å². The maximum atomic E-state index is 12.9. The summed E-state index contributed by atoms with van der Waals surface area (Å²) >= 11 is 0. The zero-order valence-electron chi connectivity index (χ0n) is 29.5. The average molecular weight is 658 g/mol. The van der Waals surface area contributed by atoms with Crippen molar-refractivity contribution in [3.8, 4) is 0 Å². The summed E-state index contributed by atoms with van der Waals surface area (Å²) in [5.74, 6) is 0.287. The van der Waals surface area contributed by atoms with Crippen LogP contribution in [0.25, 0.3) is 11.2 Å². The molecule has 0 saturated carbocycles. The van der Waals surface area contributed by atoms with Crippen molar-refractivity contribution in [1.82, 2.24) is 19.5 Å². The van der Waals surface area contributed by atoms with Gasteiger partial charge >= 0.3 is 7.82 Å². The molecule has 11 nitrogen and oxygen atoms in total. The molecule has 4 atom stereocenters. The quantitative estimate of drug-likeness (QED) is 0.0964. The fraction of sp³-hybridized carbons (Fsp3) is 0.848. The number of nitrogens with zero attached hydrogens (tertiary/aromatic N) is 4. The summed E-state index contributed by atoms with van der Waals surface area (Å²) in [6.07, 6.45) is 19.4. The maximum Gasteiger partial charge on any atom is 0.474 e. The SMILES string of the molecule is CC.CC.CCCCCCCCCCCCCCCCOC1C(OP(=O)(OC)OC)C(CC)OC1n1cnc2c(N)ncnc21. The zero-order chi connectivity index (χ0) is 33.5. The highest BCUT2D eigenvalue weighted by molar-refractivity contribution is 7.48. The molecule has 0 bridgehead atoms. The second-order valence-electron chi connectivity index (χ2n) is 10.9. The molecule has 1 fully saturated rings. The van der Waals surface area contributed by atoms with E-state index in [1.165, 1.54) is 97.6 Å². The molecule has 262 valence electrons. The second kappa shape index (κ2) is 24.5. The van der Waals surface area contributed by atoms with Crippen LogP contribution in [0.2, 0.25) is 0 Å². The molecule has 3 heterocycles. The number of anilines is 1. The van der Waals surface area contributed by atoms with Crippen LogP contribution in [0.3, 0.4) is 0 Å². The highest BCUT2D eigenvalue weighted by atomic mass is 31.2. The highest BCUT2D eigenvalue weighted by Crippen LogP contribution is 2.52. The molecule has 45 heavy (non-hydrogen) atoms. The van der Waals surface area contributed by atoms with Crippen LogP contribution < -0.4 is 5.73 Å². The molecule has 12 heteroatoms. The van der Waals surface area contributed by atoms with E-state index in [-0.39, 0.29) is 5.82 Å². The van der Waals surface area contributed by atoms with E-state index in [9.17, 15) is 4.57 Å². The van der Waals surface area contributed by atoms with Crippen LogP contribution in [0.15, 0.2) is 12.7 Å². The number of aromatic nitrogens is 4. The zero-order valence-corrected chi connectivity index (χ0v) is 30.4. The van der Waals surface area contributed by atoms with Crippen LogP contribution in [-0.4, -0.2) is 58.7 Å². The summed E-state index contributed by atoms with van der Waals surface area (Å²) in [5, 5.41) is 0. The van der Waals surface area contributed by atoms with Crippen molar-refractivity contribution in [2.75, 3.05) is 26.6 Å². The first-order chi connectivity index (χ1) is 22.0. The van der Waals surface area contributed by atoms with E-state index < -0.39 is 32.4 Å². The lowest BCUT2D eigenvalue weighted by Crippen LogP contribution is -2.36. The van der Waals surface area contributed by atoms with Gasteiger partial charge < -0.3 is 15.2 Å². The average Bonchev–Trinajstić information content (AvgIpc) is 3.66. The normalized spacial score (nSPS) is 19.6. The topological polar surface area (TPSA) is 133 Å². The molecular weight excluding hydrogens is 593 g/mol. The monoisotopic (exact) mass is 657 g/mol. The molecule has 1 saturated heterocycles. The Morgan fingerprint density at radius 1 is 0.800 bits per heavy atom. The predicted molar refractivity (Wildman–Crippen MR) is 183 cm³/mol. The summed E-state index contributed by atoms with van der Waals surface area (Å²) in [5.41, 5.74) is 7.03. The first kappa shape index (κ1) is 41.4. The van der Waals surface area contributed by atoms with Crippen molar-refractivity contribution >= 4 is 24.8 Å². The van der Waals surface area contributed by atoms with Gasteiger partial charge in [-0.1, -0.05) is 125 Å². The van der Waals surface area contributed by atoms with Crippen molar-refractivity contribution in [3.63, 3.8) is 0 Å². The Morgan fingerprint density at radius 3 is 1.84 bits per heavy atom. The van der Waals surface area contributed by atoms with E-state index in [2.05, 4.69) is 21.9 Å². The van der Waals surface area contributed by atoms with Gasteiger partial charge in [0.2, 0.25) is 0 Å². The van der Waals surface area contributed by atoms with Gasteiger partial charge in [0, 0.05) is 20.8 Å². The van der Waals surface area contributed by atoms with E-state index in [4.69, 9.17) is 28.8 Å². The Bertz CT molecular complexity index is 1050. The van der Waals surface area contributed by atoms with Gasteiger partial charge in [-0.15, -0.1) is 0 Å². The Balaban J connectivity index is 0.00000243. The lowest BCUT2D eigenvalue weighted by molar-refractivity contribution is -0.0677. The standard InChI is InChI=1S/C29H52N5O6P.2C2H6/c1-5-7-8-9-10-11-12-13-14-15-16-17-18-19-20-38-26-25(40-41(35,36-3)37-4)23(6-2)39-29(26)34-22-33-24-27(30)31-21-32-28(24)34;2*1-2/h21-23,25-26,29H,5-20H2,1-4H3,(H2,30,31,32);2*1-2H3. The maximum absolute atomic E-state index is 12.9. The van der Waals surface area contributed by atoms with Gasteiger partial charge in [-0.25, -0.2) is 19.5 Å². The Kier molecular flexibility index (Phi) is 22.6. The van der Waals surface area contributed by atoms with Gasteiger partial charge in [0.15, 0.2) is 17.7 Å². The number of unbranched alkanes of at least 4 members (excludes halogenated alkanes) is 13. The van der Waals surface area contributed by atoms with Gasteiger partial charge in [-0.2, -0.15) is 0 Å². The Labute approximate surface area is 273 Å². The fourth-order valence-electron chi connectivity index (χ4n) is 5.45. The third-order valence-corrected chi connectivity index (χ3v) is 9.25. The van der Waals surface area contributed by atoms with Crippen LogP contribution in [0.4, 0.5) is 5.82 Å². The number of ether oxygens (including phenoxy) is 2. The molecule has 1 aliphatic heterocycles. The number of nitrogens with two attached hydrogens (primary N) is 1. The van der Waals surface area contributed by atoms with Crippen LogP contribution in [0, 0.1) is 0 Å². The lowest BCUT2D eigenvalue weighted by atomic mass is 10.0. The molecule has 1 aliphatic rings. The minimum atomic E-state index is -3.78. The molecule has 0 spiro atoms. The third-order valence-electron chi connectivity index (χ3n) is 7.86. The molecule has 4 unspecified atom stereocenters. The summed E-state index contributed by atoms with van der Waals surface area (Å²) in [4.78, 5) is 12.8. The summed E-state index contributed by atoms with van der Waals surface area (Å²) < 4.78 is 43.6. The number of hydrogen-bond acceptors (Lipinski definition) is 10. The fourth-order valence-corrected chi connectivity index (χ4v) is 6.32. The van der Waals surface area contributed by atoms with Gasteiger partial charge in [-0.05, 0) is 12.8 Å². The van der Waals surface area contributed by atoms with E-state index in [1.54, 1.807) is 10.9 Å². The number of phosphoric acid groups is 1. The van der Waals surface area contributed by atoms with Crippen LogP contribution in [0.5, 0.6) is 0 Å². The molecule has 0 amide bonds. The number of nitrogen functional groups attached to an aromatic ring is 1. The lowest BCUT2D eigenvalue weighted by Gasteiger charge is -2.27. The number of fused-ring (bicyclic) bond motifs is 1. The predicted octanol–water partition coefficient (Wildman–Crippen LogP) is 9.42. The third kappa shape index (κ3) is 13.6. The Hall–Kier alpha value is -1.62. The number of phosphoric ester groups is 1. The number of rotatable bonds is 22. The van der Waals surface area contributed by atoms with Crippen molar-refractivity contribution in [1.29, 1.82) is 0 Å². The highest BCUT2D eigenvalue weighted by Gasteiger charge is 2.50. The minimum absolute atomic E-state index is 0.287. The molecule has 2 aromatic rings. The van der Waals surface area contributed by atoms with Crippen LogP contribution >= 0.6 is 7.82 Å². The first-order valence-corrected chi connectivity index (χ1v) is 19.0. The smallest absolute Gasteiger partial charge is 0.382 e. The van der Waals surface area contributed by atoms with E-state index in [1.807, 2.05) is 34.6 Å². The van der Waals surface area contributed by atoms with Crippen molar-refractivity contribution in [3.05, 3.63) is 12.7 Å². The molecule has 0 aromatic carbocycles. The van der Waals surface area contributed by atoms with Gasteiger partial charge in [-0.3, -0.25) is 18.1 Å². The number of imidazole rings is 1. The summed E-state index contributed by atoms with van der Waals surface area (Å²) in [6.45, 7) is 12.8. The van der Waals surface area contributed by atoms with Crippen LogP contribution in [-0.2, 0) is 27.6 Å². The summed E-state index contributed by atoms with van der Waals surface area (Å²) in [7, 11) is -1.19. The largest absolute Gasteiger partial charge is 0.474 e.